The molecule has 1 aliphatic rings. The Bertz CT molecular complexity index is 2100. The Labute approximate surface area is 330 Å². The van der Waals surface area contributed by atoms with Crippen molar-refractivity contribution in [2.75, 3.05) is 20.1 Å². The molecule has 3 atom stereocenters. The van der Waals surface area contributed by atoms with Crippen LogP contribution >= 0.6 is 23.4 Å². The Kier molecular flexibility index (Phi) is 13.9. The van der Waals surface area contributed by atoms with Crippen LogP contribution in [0.2, 0.25) is 5.02 Å². The van der Waals surface area contributed by atoms with Gasteiger partial charge in [0, 0.05) is 67.1 Å². The number of rotatable bonds is 10. The van der Waals surface area contributed by atoms with Crippen LogP contribution < -0.4 is 27.4 Å². The molecule has 4 heterocycles. The Morgan fingerprint density at radius 1 is 0.873 bits per heavy atom. The summed E-state index contributed by atoms with van der Waals surface area (Å²) >= 11 is 8.40. The van der Waals surface area contributed by atoms with Crippen LogP contribution in [0.3, 0.4) is 0 Å². The number of aromatic nitrogens is 3. The number of carbonyl (C=O) groups is 3. The molecule has 8 N–H and O–H groups in total. The SMILES string of the molecule is CN1C(=O)C(CCCCN)NC(=O)C(CCCN)NCc2cccnc2Sc2c(Cl)ccc(-c3ccncc3)c2CNC(=O)C1Cc1c[nH]c2ccccc12. The highest BCUT2D eigenvalue weighted by Crippen LogP contribution is 2.41. The number of halogens is 1. The lowest BCUT2D eigenvalue weighted by Gasteiger charge is -2.32. The van der Waals surface area contributed by atoms with Gasteiger partial charge in [-0.15, -0.1) is 0 Å². The van der Waals surface area contributed by atoms with Crippen LogP contribution in [0.1, 0.15) is 48.8 Å². The van der Waals surface area contributed by atoms with Gasteiger partial charge >= 0.3 is 0 Å². The highest BCUT2D eigenvalue weighted by Gasteiger charge is 2.34. The number of aromatic amines is 1. The van der Waals surface area contributed by atoms with E-state index in [-0.39, 0.29) is 30.7 Å². The van der Waals surface area contributed by atoms with Crippen molar-refractivity contribution in [2.24, 2.45) is 11.5 Å². The third-order valence-electron chi connectivity index (χ3n) is 10.0. The van der Waals surface area contributed by atoms with Crippen LogP contribution in [0.4, 0.5) is 0 Å². The molecule has 6 rings (SSSR count). The lowest BCUT2D eigenvalue weighted by molar-refractivity contribution is -0.142. The number of unbranched alkanes of at least 4 members (excludes halogenated alkanes) is 1. The second-order valence-electron chi connectivity index (χ2n) is 13.7. The van der Waals surface area contributed by atoms with Gasteiger partial charge in [-0.25, -0.2) is 4.98 Å². The van der Waals surface area contributed by atoms with Gasteiger partial charge in [0.05, 0.1) is 11.1 Å². The summed E-state index contributed by atoms with van der Waals surface area (Å²) in [5.41, 5.74) is 17.0. The highest BCUT2D eigenvalue weighted by atomic mass is 35.5. The van der Waals surface area contributed by atoms with Crippen molar-refractivity contribution in [1.82, 2.24) is 35.8 Å². The summed E-state index contributed by atoms with van der Waals surface area (Å²) in [6.45, 7) is 1.30. The van der Waals surface area contributed by atoms with Crippen LogP contribution in [0.5, 0.6) is 0 Å². The van der Waals surface area contributed by atoms with E-state index in [0.29, 0.717) is 61.8 Å². The summed E-state index contributed by atoms with van der Waals surface area (Å²) in [4.78, 5) is 57.7. The van der Waals surface area contributed by atoms with Crippen LogP contribution in [-0.2, 0) is 33.9 Å². The molecule has 0 saturated carbocycles. The lowest BCUT2D eigenvalue weighted by Crippen LogP contribution is -2.57. The van der Waals surface area contributed by atoms with Crippen molar-refractivity contribution in [3.05, 3.63) is 107 Å². The molecule has 2 aromatic carbocycles. The standard InChI is InChI=1S/C41H48ClN9O3S/c1-51-36(22-28-24-47-33-10-3-2-9-30(28)33)39(53)49-25-31-29(26-15-20-45-21-16-26)13-14-32(42)37(31)55-40-27(8-7-19-46-40)23-48-34(12-6-18-44)38(52)50-35(41(51)54)11-4-5-17-43/h2-3,7-10,13-16,19-21,24,34-36,47-48H,4-6,11-12,17-18,22-23,25,43-44H2,1H3,(H,49,53)(H,50,52). The molecule has 12 nitrogen and oxygen atoms in total. The Hall–Kier alpha value is -4.79. The average Bonchev–Trinajstić information content (AvgIpc) is 3.62. The minimum Gasteiger partial charge on any atom is -0.361 e. The van der Waals surface area contributed by atoms with Crippen LogP contribution in [0, 0.1) is 0 Å². The lowest BCUT2D eigenvalue weighted by atomic mass is 9.99. The Morgan fingerprint density at radius 3 is 2.45 bits per heavy atom. The maximum Gasteiger partial charge on any atom is 0.245 e. The molecular weight excluding hydrogens is 734 g/mol. The largest absolute Gasteiger partial charge is 0.361 e. The zero-order chi connectivity index (χ0) is 38.7. The van der Waals surface area contributed by atoms with Gasteiger partial charge < -0.3 is 37.3 Å². The minimum absolute atomic E-state index is 0.115. The van der Waals surface area contributed by atoms with Crippen molar-refractivity contribution in [3.8, 4) is 11.1 Å². The number of para-hydroxylation sites is 1. The first-order valence-electron chi connectivity index (χ1n) is 18.7. The van der Waals surface area contributed by atoms with Gasteiger partial charge in [0.1, 0.15) is 17.1 Å². The average molecular weight is 782 g/mol. The summed E-state index contributed by atoms with van der Waals surface area (Å²) in [7, 11) is 1.63. The molecule has 3 amide bonds. The smallest absolute Gasteiger partial charge is 0.245 e. The fourth-order valence-electron chi connectivity index (χ4n) is 6.94. The highest BCUT2D eigenvalue weighted by molar-refractivity contribution is 7.99. The quantitative estimate of drug-likeness (QED) is 0.107. The monoisotopic (exact) mass is 781 g/mol. The first kappa shape index (κ1) is 39.9. The predicted octanol–water partition coefficient (Wildman–Crippen LogP) is 4.94. The molecule has 55 heavy (non-hydrogen) atoms. The maximum atomic E-state index is 14.6. The van der Waals surface area contributed by atoms with Crippen LogP contribution in [-0.4, -0.2) is 75.8 Å². The number of hydrogen-bond acceptors (Lipinski definition) is 9. The predicted molar refractivity (Wildman–Crippen MR) is 217 cm³/mol. The third kappa shape index (κ3) is 9.72. The Balaban J connectivity index is 1.46. The number of nitrogens with two attached hydrogens (primary N) is 2. The number of nitrogens with zero attached hydrogens (tertiary/aromatic N) is 3. The molecule has 14 heteroatoms. The summed E-state index contributed by atoms with van der Waals surface area (Å²) in [6.07, 6.45) is 9.99. The number of fused-ring (bicyclic) bond motifs is 3. The minimum atomic E-state index is -0.926. The molecule has 3 unspecified atom stereocenters. The van der Waals surface area contributed by atoms with Gasteiger partial charge in [-0.1, -0.05) is 53.7 Å². The van der Waals surface area contributed by atoms with Gasteiger partial charge in [-0.3, -0.25) is 19.4 Å². The molecular formula is C41H48ClN9O3S. The van der Waals surface area contributed by atoms with E-state index in [0.717, 1.165) is 43.6 Å². The number of carbonyl (C=O) groups excluding carboxylic acids is 3. The number of benzene rings is 2. The second kappa shape index (κ2) is 19.2. The molecule has 0 aliphatic carbocycles. The van der Waals surface area contributed by atoms with Crippen molar-refractivity contribution in [1.29, 1.82) is 0 Å². The molecule has 3 aromatic heterocycles. The van der Waals surface area contributed by atoms with E-state index >= 15 is 0 Å². The molecule has 5 aromatic rings. The van der Waals surface area contributed by atoms with E-state index in [2.05, 4.69) is 25.9 Å². The molecule has 0 radical (unpaired) electrons. The maximum absolute atomic E-state index is 14.6. The number of likely N-dealkylation sites (N-methyl/N-ethyl adjacent to an activating group) is 1. The van der Waals surface area contributed by atoms with Crippen molar-refractivity contribution < 1.29 is 14.4 Å². The number of hydrogen-bond donors (Lipinski definition) is 6. The van der Waals surface area contributed by atoms with Crippen molar-refractivity contribution >= 4 is 52.0 Å². The van der Waals surface area contributed by atoms with Crippen molar-refractivity contribution in [2.45, 2.75) is 79.7 Å². The fourth-order valence-corrected chi connectivity index (χ4v) is 8.29. The van der Waals surface area contributed by atoms with E-state index < -0.39 is 18.1 Å². The first-order chi connectivity index (χ1) is 26.8. The van der Waals surface area contributed by atoms with Crippen molar-refractivity contribution in [3.63, 3.8) is 0 Å². The zero-order valence-corrected chi connectivity index (χ0v) is 32.5. The molecule has 0 bridgehead atoms. The topological polar surface area (TPSA) is 184 Å². The van der Waals surface area contributed by atoms with E-state index in [9.17, 15) is 14.4 Å². The van der Waals surface area contributed by atoms with Crippen LogP contribution in [0.15, 0.2) is 95.4 Å². The van der Waals surface area contributed by atoms with E-state index in [4.69, 9.17) is 28.1 Å². The van der Waals surface area contributed by atoms with Gasteiger partial charge in [0.2, 0.25) is 17.7 Å². The van der Waals surface area contributed by atoms with Gasteiger partial charge in [0.15, 0.2) is 0 Å². The molecule has 1 aliphatic heterocycles. The number of nitrogens with one attached hydrogen (secondary N) is 4. The van der Waals surface area contributed by atoms with Gasteiger partial charge in [-0.05, 0) is 103 Å². The fraction of sp³-hybridized carbons (Fsp3) is 0.341. The second-order valence-corrected chi connectivity index (χ2v) is 15.1. The van der Waals surface area contributed by atoms with Gasteiger partial charge in [0.25, 0.3) is 0 Å². The molecule has 0 saturated heterocycles. The molecule has 0 spiro atoms. The summed E-state index contributed by atoms with van der Waals surface area (Å²) in [5.74, 6) is -1.03. The molecule has 0 fully saturated rings. The molecule has 288 valence electrons. The number of amides is 3. The number of pyridine rings is 2. The summed E-state index contributed by atoms with van der Waals surface area (Å²) in [6, 6.07) is 16.8. The third-order valence-corrected chi connectivity index (χ3v) is 11.7. The zero-order valence-electron chi connectivity index (χ0n) is 30.9. The first-order valence-corrected chi connectivity index (χ1v) is 19.8. The normalized spacial score (nSPS) is 18.7. The van der Waals surface area contributed by atoms with E-state index in [1.807, 2.05) is 66.9 Å². The van der Waals surface area contributed by atoms with Crippen LogP contribution in [0.25, 0.3) is 22.0 Å². The summed E-state index contributed by atoms with van der Waals surface area (Å²) < 4.78 is 0. The van der Waals surface area contributed by atoms with E-state index in [1.165, 1.54) is 16.7 Å². The Morgan fingerprint density at radius 2 is 1.65 bits per heavy atom. The summed E-state index contributed by atoms with van der Waals surface area (Å²) in [5, 5.41) is 11.8. The van der Waals surface area contributed by atoms with E-state index in [1.54, 1.807) is 25.6 Å². The number of H-pyrrole nitrogens is 1. The van der Waals surface area contributed by atoms with Gasteiger partial charge in [-0.2, -0.15) is 0 Å².